The SMILES string of the molecule is CN(c1nc(-c2ccc(-c3ccccc3)cc2)nc(-n2c3ccccc3c3ccc4c5c(n(-c6ccccc6)c4c32)C=CCC5)n1)c1ccccc1-c1ccc2c3ccccc3n(-c3ccccc3)c2c1. The molecule has 0 amide bonds. The molecule has 4 aromatic heterocycles. The van der Waals surface area contributed by atoms with Crippen LogP contribution in [-0.4, -0.2) is 35.7 Å². The van der Waals surface area contributed by atoms with Crippen LogP contribution in [0.1, 0.15) is 17.7 Å². The zero-order chi connectivity index (χ0) is 47.0. The number of aromatic nitrogens is 6. The number of fused-ring (bicyclic) bond motifs is 10. The number of anilines is 2. The Hall–Kier alpha value is -9.33. The van der Waals surface area contributed by atoms with Crippen LogP contribution in [0.25, 0.3) is 112 Å². The van der Waals surface area contributed by atoms with Crippen LogP contribution in [0.5, 0.6) is 0 Å². The van der Waals surface area contributed by atoms with Gasteiger partial charge in [-0.2, -0.15) is 15.0 Å². The van der Waals surface area contributed by atoms with Gasteiger partial charge in [-0.25, -0.2) is 0 Å². The normalized spacial score (nSPS) is 12.4. The Morgan fingerprint density at radius 3 is 1.73 bits per heavy atom. The maximum Gasteiger partial charge on any atom is 0.240 e. The maximum absolute atomic E-state index is 5.54. The van der Waals surface area contributed by atoms with E-state index in [1.54, 1.807) is 0 Å². The minimum absolute atomic E-state index is 0.530. The van der Waals surface area contributed by atoms with Crippen molar-refractivity contribution < 1.29 is 0 Å². The highest BCUT2D eigenvalue weighted by Crippen LogP contribution is 2.43. The standard InChI is InChI=1S/C64H45N7/c1-68(55-29-15-11-25-48(55)45-37-38-52-49-26-12-16-30-56(49)69(59(52)41-45)46-21-7-3-8-22-46)63-65-62(44-35-33-43(34-36-44)42-19-5-2-6-20-42)66-64(67-63)71-58-32-18-14-28-51(58)54-40-39-53-50-27-13-17-31-57(50)70(60(53)61(54)71)47-23-9-4-10-24-47/h2-12,14-26,28-41H,13,27H2,1H3. The summed E-state index contributed by atoms with van der Waals surface area (Å²) in [6.07, 6.45) is 6.58. The van der Waals surface area contributed by atoms with E-state index in [0.29, 0.717) is 17.7 Å². The molecule has 0 bridgehead atoms. The second-order valence-electron chi connectivity index (χ2n) is 18.4. The summed E-state index contributed by atoms with van der Waals surface area (Å²) >= 11 is 0. The molecule has 7 heteroatoms. The number of hydrogen-bond acceptors (Lipinski definition) is 4. The Balaban J connectivity index is 1.00. The van der Waals surface area contributed by atoms with Crippen molar-refractivity contribution in [2.24, 2.45) is 0 Å². The number of para-hydroxylation sites is 5. The van der Waals surface area contributed by atoms with Crippen LogP contribution in [0, 0.1) is 0 Å². The molecule has 4 heterocycles. The van der Waals surface area contributed by atoms with Gasteiger partial charge < -0.3 is 14.0 Å². The number of aryl methyl sites for hydroxylation is 1. The molecule has 336 valence electrons. The summed E-state index contributed by atoms with van der Waals surface area (Å²) in [4.78, 5) is 18.5. The van der Waals surface area contributed by atoms with Crippen molar-refractivity contribution in [3.63, 3.8) is 0 Å². The van der Waals surface area contributed by atoms with Gasteiger partial charge in [-0.3, -0.25) is 4.57 Å². The van der Waals surface area contributed by atoms with E-state index in [-0.39, 0.29) is 0 Å². The van der Waals surface area contributed by atoms with Crippen molar-refractivity contribution in [2.45, 2.75) is 12.8 Å². The molecular weight excluding hydrogens is 867 g/mol. The molecule has 14 rings (SSSR count). The molecule has 0 saturated heterocycles. The van der Waals surface area contributed by atoms with Crippen LogP contribution >= 0.6 is 0 Å². The highest BCUT2D eigenvalue weighted by Gasteiger charge is 2.27. The summed E-state index contributed by atoms with van der Waals surface area (Å²) in [6, 6.07) is 77.8. The Kier molecular flexibility index (Phi) is 9.42. The van der Waals surface area contributed by atoms with Gasteiger partial charge in [0, 0.05) is 62.2 Å². The number of rotatable bonds is 8. The summed E-state index contributed by atoms with van der Waals surface area (Å²) in [7, 11) is 2.07. The molecule has 7 nitrogen and oxygen atoms in total. The minimum atomic E-state index is 0.530. The van der Waals surface area contributed by atoms with E-state index in [4.69, 9.17) is 15.0 Å². The van der Waals surface area contributed by atoms with Gasteiger partial charge in [0.1, 0.15) is 0 Å². The molecule has 0 atom stereocenters. The van der Waals surface area contributed by atoms with Gasteiger partial charge in [-0.1, -0.05) is 176 Å². The highest BCUT2D eigenvalue weighted by molar-refractivity contribution is 6.19. The van der Waals surface area contributed by atoms with E-state index in [9.17, 15) is 0 Å². The average Bonchev–Trinajstić information content (AvgIpc) is 4.09. The zero-order valence-corrected chi connectivity index (χ0v) is 39.0. The smallest absolute Gasteiger partial charge is 0.240 e. The molecule has 0 aliphatic heterocycles. The fraction of sp³-hybridized carbons (Fsp3) is 0.0469. The quantitative estimate of drug-likeness (QED) is 0.152. The van der Waals surface area contributed by atoms with Gasteiger partial charge in [0.15, 0.2) is 5.82 Å². The first-order valence-electron chi connectivity index (χ1n) is 24.3. The van der Waals surface area contributed by atoms with Gasteiger partial charge in [0.05, 0.1) is 33.3 Å². The molecule has 13 aromatic rings. The third kappa shape index (κ3) is 6.54. The average molecular weight is 912 g/mol. The second kappa shape index (κ2) is 16.4. The van der Waals surface area contributed by atoms with Crippen molar-refractivity contribution in [3.8, 4) is 51.0 Å². The predicted octanol–water partition coefficient (Wildman–Crippen LogP) is 15.7. The summed E-state index contributed by atoms with van der Waals surface area (Å²) < 4.78 is 7.10. The fourth-order valence-corrected chi connectivity index (χ4v) is 11.1. The first kappa shape index (κ1) is 40.7. The Labute approximate surface area is 410 Å². The molecule has 0 N–H and O–H groups in total. The zero-order valence-electron chi connectivity index (χ0n) is 39.0. The number of nitrogens with zero attached hydrogens (tertiary/aromatic N) is 7. The number of benzene rings is 9. The van der Waals surface area contributed by atoms with Crippen molar-refractivity contribution in [3.05, 3.63) is 236 Å². The Bertz CT molecular complexity index is 4220. The van der Waals surface area contributed by atoms with E-state index in [1.165, 1.54) is 32.9 Å². The first-order chi connectivity index (χ1) is 35.2. The van der Waals surface area contributed by atoms with Crippen molar-refractivity contribution >= 4 is 72.2 Å². The molecule has 0 unspecified atom stereocenters. The molecule has 0 spiro atoms. The van der Waals surface area contributed by atoms with E-state index < -0.39 is 0 Å². The largest absolute Gasteiger partial charge is 0.313 e. The first-order valence-corrected chi connectivity index (χ1v) is 24.3. The van der Waals surface area contributed by atoms with Gasteiger partial charge in [0.2, 0.25) is 11.9 Å². The third-order valence-electron chi connectivity index (χ3n) is 14.4. The second-order valence-corrected chi connectivity index (χ2v) is 18.4. The molecule has 0 saturated carbocycles. The Morgan fingerprint density at radius 1 is 0.423 bits per heavy atom. The molecule has 0 fully saturated rings. The van der Waals surface area contributed by atoms with Crippen LogP contribution in [0.2, 0.25) is 0 Å². The van der Waals surface area contributed by atoms with Gasteiger partial charge in [-0.15, -0.1) is 0 Å². The van der Waals surface area contributed by atoms with Crippen LogP contribution in [0.4, 0.5) is 11.6 Å². The van der Waals surface area contributed by atoms with E-state index in [0.717, 1.165) is 90.6 Å². The number of hydrogen-bond donors (Lipinski definition) is 0. The van der Waals surface area contributed by atoms with Crippen molar-refractivity contribution in [1.82, 2.24) is 28.7 Å². The van der Waals surface area contributed by atoms with Gasteiger partial charge >= 0.3 is 0 Å². The van der Waals surface area contributed by atoms with E-state index in [2.05, 4.69) is 250 Å². The Morgan fingerprint density at radius 2 is 0.972 bits per heavy atom. The highest BCUT2D eigenvalue weighted by atomic mass is 15.3. The minimum Gasteiger partial charge on any atom is -0.313 e. The fourth-order valence-electron chi connectivity index (χ4n) is 11.1. The third-order valence-corrected chi connectivity index (χ3v) is 14.4. The van der Waals surface area contributed by atoms with Crippen molar-refractivity contribution in [1.29, 1.82) is 0 Å². The van der Waals surface area contributed by atoms with E-state index in [1.807, 2.05) is 6.07 Å². The van der Waals surface area contributed by atoms with E-state index >= 15 is 0 Å². The van der Waals surface area contributed by atoms with Crippen LogP contribution in [-0.2, 0) is 6.42 Å². The monoisotopic (exact) mass is 911 g/mol. The summed E-state index contributed by atoms with van der Waals surface area (Å²) in [5.74, 6) is 1.66. The van der Waals surface area contributed by atoms with Crippen molar-refractivity contribution in [2.75, 3.05) is 11.9 Å². The van der Waals surface area contributed by atoms with Gasteiger partial charge in [-0.05, 0) is 89.7 Å². The molecular formula is C64H45N7. The summed E-state index contributed by atoms with van der Waals surface area (Å²) in [5.41, 5.74) is 16.7. The summed E-state index contributed by atoms with van der Waals surface area (Å²) in [6.45, 7) is 0. The lowest BCUT2D eigenvalue weighted by Gasteiger charge is -2.22. The lowest BCUT2D eigenvalue weighted by Crippen LogP contribution is -2.17. The topological polar surface area (TPSA) is 56.7 Å². The maximum atomic E-state index is 5.54. The van der Waals surface area contributed by atoms with Gasteiger partial charge in [0.25, 0.3) is 0 Å². The molecule has 0 radical (unpaired) electrons. The molecule has 71 heavy (non-hydrogen) atoms. The lowest BCUT2D eigenvalue weighted by atomic mass is 10.00. The molecule has 1 aliphatic rings. The number of allylic oxidation sites excluding steroid dienone is 1. The molecule has 1 aliphatic carbocycles. The summed E-state index contributed by atoms with van der Waals surface area (Å²) in [5, 5.41) is 5.95. The van der Waals surface area contributed by atoms with Crippen LogP contribution in [0.3, 0.4) is 0 Å². The molecule has 9 aromatic carbocycles. The van der Waals surface area contributed by atoms with Crippen LogP contribution in [0.15, 0.2) is 224 Å². The lowest BCUT2D eigenvalue weighted by molar-refractivity contribution is 0.922. The van der Waals surface area contributed by atoms with Crippen LogP contribution < -0.4 is 4.90 Å². The predicted molar refractivity (Wildman–Crippen MR) is 294 cm³/mol.